The third-order valence-electron chi connectivity index (χ3n) is 4.00. The van der Waals surface area contributed by atoms with Crippen molar-refractivity contribution in [1.82, 2.24) is 0 Å². The highest BCUT2D eigenvalue weighted by Gasteiger charge is 2.32. The van der Waals surface area contributed by atoms with Gasteiger partial charge >= 0.3 is 0 Å². The van der Waals surface area contributed by atoms with Crippen molar-refractivity contribution in [3.63, 3.8) is 0 Å². The summed E-state index contributed by atoms with van der Waals surface area (Å²) in [5, 5.41) is 23.3. The molecule has 138 valence electrons. The Morgan fingerprint density at radius 1 is 0.885 bits per heavy atom. The van der Waals surface area contributed by atoms with Gasteiger partial charge in [0.1, 0.15) is 34.7 Å². The van der Waals surface area contributed by atoms with Crippen molar-refractivity contribution in [2.24, 2.45) is 0 Å². The number of methoxy groups -OCH3 is 2. The summed E-state index contributed by atoms with van der Waals surface area (Å²) in [7, 11) is 6.49. The van der Waals surface area contributed by atoms with Gasteiger partial charge in [0.2, 0.25) is 0 Å². The van der Waals surface area contributed by atoms with E-state index in [2.05, 4.69) is 22.8 Å². The van der Waals surface area contributed by atoms with E-state index >= 15 is 0 Å². The number of quaternary nitrogens is 2. The monoisotopic (exact) mass is 392 g/mol. The van der Waals surface area contributed by atoms with E-state index in [-0.39, 0.29) is 10.7 Å². The van der Waals surface area contributed by atoms with Crippen molar-refractivity contribution in [2.45, 2.75) is 24.6 Å². The van der Waals surface area contributed by atoms with E-state index in [4.69, 9.17) is 9.47 Å². The minimum absolute atomic E-state index is 0.0504. The number of nitrogens with zero attached hydrogens (tertiary/aromatic N) is 2. The number of ether oxygens (including phenoxy) is 2. The van der Waals surface area contributed by atoms with Gasteiger partial charge in [0.25, 0.3) is 0 Å². The van der Waals surface area contributed by atoms with Crippen LogP contribution in [0.15, 0.2) is 45.8 Å². The topological polar surface area (TPSA) is 99.3 Å². The van der Waals surface area contributed by atoms with Crippen LogP contribution in [-0.2, 0) is 9.47 Å². The van der Waals surface area contributed by atoms with Crippen molar-refractivity contribution < 1.29 is 20.1 Å². The highest BCUT2D eigenvalue weighted by Crippen LogP contribution is 2.35. The summed E-state index contributed by atoms with van der Waals surface area (Å²) < 4.78 is 10.5. The maximum Gasteiger partial charge on any atom is 0.183 e. The van der Waals surface area contributed by atoms with Crippen molar-refractivity contribution in [2.75, 3.05) is 27.4 Å². The average molecular weight is 393 g/mol. The van der Waals surface area contributed by atoms with Gasteiger partial charge in [-0.1, -0.05) is 0 Å². The number of nitrogens with two attached hydrogens (primary N) is 2. The van der Waals surface area contributed by atoms with Gasteiger partial charge in [0.15, 0.2) is 10.7 Å². The summed E-state index contributed by atoms with van der Waals surface area (Å²) in [6.07, 6.45) is 4.00. The molecule has 4 N–H and O–H groups in total. The summed E-state index contributed by atoms with van der Waals surface area (Å²) in [6, 6.07) is 4.66. The summed E-state index contributed by atoms with van der Waals surface area (Å²) >= 11 is 0. The van der Waals surface area contributed by atoms with Gasteiger partial charge < -0.3 is 20.1 Å². The fourth-order valence-electron chi connectivity index (χ4n) is 2.90. The van der Waals surface area contributed by atoms with Gasteiger partial charge in [-0.2, -0.15) is 10.5 Å². The lowest BCUT2D eigenvalue weighted by Crippen LogP contribution is -2.89. The van der Waals surface area contributed by atoms with Gasteiger partial charge in [-0.3, -0.25) is 0 Å². The number of hydrogen-bond donors (Lipinski definition) is 2. The maximum atomic E-state index is 9.60. The van der Waals surface area contributed by atoms with Crippen LogP contribution < -0.4 is 10.6 Å². The van der Waals surface area contributed by atoms with Gasteiger partial charge in [0, 0.05) is 51.4 Å². The van der Waals surface area contributed by atoms with Crippen molar-refractivity contribution in [3.8, 4) is 12.1 Å². The Morgan fingerprint density at radius 2 is 1.27 bits per heavy atom. The first-order chi connectivity index (χ1) is 12.5. The first-order valence-corrected chi connectivity index (χ1v) is 10.4. The predicted molar refractivity (Wildman–Crippen MR) is 103 cm³/mol. The molecule has 6 nitrogen and oxygen atoms in total. The van der Waals surface area contributed by atoms with Crippen LogP contribution in [0.5, 0.6) is 0 Å². The van der Waals surface area contributed by atoms with E-state index in [0.717, 1.165) is 33.7 Å². The van der Waals surface area contributed by atoms with Crippen LogP contribution in [0.25, 0.3) is 0 Å². The highest BCUT2D eigenvalue weighted by atomic mass is 33.1. The van der Waals surface area contributed by atoms with Crippen LogP contribution in [0.3, 0.4) is 0 Å². The largest absolute Gasteiger partial charge is 0.380 e. The molecule has 0 bridgehead atoms. The summed E-state index contributed by atoms with van der Waals surface area (Å²) in [5.41, 5.74) is 5.53. The van der Waals surface area contributed by atoms with Crippen LogP contribution in [0, 0.1) is 22.7 Å². The third kappa shape index (κ3) is 5.01. The third-order valence-corrected chi connectivity index (χ3v) is 6.84. The Hall–Kier alpha value is -1.52. The van der Waals surface area contributed by atoms with Crippen molar-refractivity contribution >= 4 is 21.6 Å². The lowest BCUT2D eigenvalue weighted by atomic mass is 10.1. The van der Waals surface area contributed by atoms with Crippen LogP contribution in [0.4, 0.5) is 0 Å². The van der Waals surface area contributed by atoms with Crippen molar-refractivity contribution in [3.05, 3.63) is 45.8 Å². The summed E-state index contributed by atoms with van der Waals surface area (Å²) in [6.45, 7) is 4.90. The van der Waals surface area contributed by atoms with Crippen LogP contribution in [-0.4, -0.2) is 38.2 Å². The average Bonchev–Trinajstić information content (AvgIpc) is 2.60. The van der Waals surface area contributed by atoms with E-state index in [0.29, 0.717) is 13.2 Å². The molecule has 0 saturated carbocycles. The number of allylic oxidation sites excluding steroid dienone is 2. The zero-order valence-electron chi connectivity index (χ0n) is 15.4. The Bertz CT molecular complexity index is 692. The number of nitriles is 2. The molecule has 8 heteroatoms. The predicted octanol–water partition coefficient (Wildman–Crippen LogP) is 0.915. The first kappa shape index (κ1) is 20.8. The molecule has 0 aromatic rings. The van der Waals surface area contributed by atoms with Crippen molar-refractivity contribution in [1.29, 1.82) is 10.5 Å². The minimum Gasteiger partial charge on any atom is -0.380 e. The molecule has 2 aliphatic rings. The first-order valence-electron chi connectivity index (χ1n) is 8.16. The number of rotatable bonds is 7. The zero-order chi connectivity index (χ0) is 19.1. The normalized spacial score (nSPS) is 23.3. The second-order valence-corrected chi connectivity index (χ2v) is 8.67. The Kier molecular flexibility index (Phi) is 7.98. The Labute approximate surface area is 162 Å². The van der Waals surface area contributed by atoms with Gasteiger partial charge in [-0.05, 0) is 21.6 Å². The molecule has 0 aromatic carbocycles. The molecular weight excluding hydrogens is 368 g/mol. The molecule has 0 saturated heterocycles. The van der Waals surface area contributed by atoms with E-state index in [1.165, 1.54) is 0 Å². The van der Waals surface area contributed by atoms with E-state index in [1.807, 2.05) is 26.0 Å². The molecule has 0 fully saturated rings. The molecular formula is C18H24N4O2S2+2. The molecule has 2 rings (SSSR count). The molecule has 0 radical (unpaired) electrons. The lowest BCUT2D eigenvalue weighted by molar-refractivity contribution is -0.614. The maximum absolute atomic E-state index is 9.60. The standard InChI is InChI=1S/C18H22N4O2S2/c1-11-5-13(9-23-3)15(7-19)17(21-11)25-26-18-16(8-20)14(10-24-4)6-12(2)22-18/h5-6,17-18,21-22H,9-10H2,1-4H3/p+2/t17-,18-/m1/s1. The number of hydrogen-bond acceptors (Lipinski definition) is 6. The molecule has 2 heterocycles. The van der Waals surface area contributed by atoms with Gasteiger partial charge in [0.05, 0.1) is 13.2 Å². The minimum atomic E-state index is -0.0504. The molecule has 26 heavy (non-hydrogen) atoms. The van der Waals surface area contributed by atoms with Crippen LogP contribution in [0.1, 0.15) is 13.8 Å². The molecule has 0 aliphatic carbocycles. The van der Waals surface area contributed by atoms with E-state index in [1.54, 1.807) is 35.8 Å². The zero-order valence-corrected chi connectivity index (χ0v) is 17.0. The fraction of sp³-hybridized carbons (Fsp3) is 0.444. The van der Waals surface area contributed by atoms with Gasteiger partial charge in [-0.25, -0.2) is 0 Å². The molecule has 0 amide bonds. The van der Waals surface area contributed by atoms with E-state index in [9.17, 15) is 10.5 Å². The van der Waals surface area contributed by atoms with Gasteiger partial charge in [-0.15, -0.1) is 0 Å². The second kappa shape index (κ2) is 9.98. The molecule has 2 atom stereocenters. The van der Waals surface area contributed by atoms with Crippen LogP contribution >= 0.6 is 21.6 Å². The lowest BCUT2D eigenvalue weighted by Gasteiger charge is -2.24. The molecule has 2 aliphatic heterocycles. The SMILES string of the molecule is COCC1=C(C#N)[C@@H](SS[C@H]2[NH2+]C(C)=CC(COC)=C2C#N)[NH2+]C(C)=C1. The Balaban J connectivity index is 2.17. The smallest absolute Gasteiger partial charge is 0.183 e. The second-order valence-electron chi connectivity index (χ2n) is 6.11. The summed E-state index contributed by atoms with van der Waals surface area (Å²) in [4.78, 5) is 0. The van der Waals surface area contributed by atoms with Crippen LogP contribution in [0.2, 0.25) is 0 Å². The highest BCUT2D eigenvalue weighted by molar-refractivity contribution is 8.77. The molecule has 0 unspecified atom stereocenters. The quantitative estimate of drug-likeness (QED) is 0.625. The molecule has 0 aromatic heterocycles. The van der Waals surface area contributed by atoms with E-state index < -0.39 is 0 Å². The summed E-state index contributed by atoms with van der Waals surface area (Å²) in [5.74, 6) is 0. The molecule has 0 spiro atoms. The fourth-order valence-corrected chi connectivity index (χ4v) is 5.91. The Morgan fingerprint density at radius 3 is 1.58 bits per heavy atom.